The van der Waals surface area contributed by atoms with Gasteiger partial charge in [-0.3, -0.25) is 0 Å². The van der Waals surface area contributed by atoms with E-state index in [0.29, 0.717) is 5.17 Å². The van der Waals surface area contributed by atoms with Gasteiger partial charge in [0.15, 0.2) is 5.17 Å². The number of aliphatic imine (C=N–C) groups is 1. The van der Waals surface area contributed by atoms with Gasteiger partial charge in [-0.05, 0) is 6.26 Å². The fourth-order valence-electron chi connectivity index (χ4n) is 0.634. The van der Waals surface area contributed by atoms with Gasteiger partial charge in [-0.1, -0.05) is 11.8 Å². The molecule has 1 aliphatic rings. The summed E-state index contributed by atoms with van der Waals surface area (Å²) in [5, 5.41) is 1.57. The summed E-state index contributed by atoms with van der Waals surface area (Å²) in [6.45, 7) is 0. The summed E-state index contributed by atoms with van der Waals surface area (Å²) in [7, 11) is -1.74. The highest BCUT2D eigenvalue weighted by Crippen LogP contribution is 2.13. The Morgan fingerprint density at radius 2 is 2.27 bits per heavy atom. The Balaban J connectivity index is 3.05. The van der Waals surface area contributed by atoms with Crippen molar-refractivity contribution in [1.29, 1.82) is 0 Å². The second-order valence-corrected chi connectivity index (χ2v) is 4.54. The van der Waals surface area contributed by atoms with Crippen molar-refractivity contribution in [2.45, 2.75) is 0 Å². The highest BCUT2D eigenvalue weighted by atomic mass is 32.2. The van der Waals surface area contributed by atoms with Crippen LogP contribution in [0.25, 0.3) is 0 Å². The summed E-state index contributed by atoms with van der Waals surface area (Å²) in [6.07, 6.45) is 3.07. The van der Waals surface area contributed by atoms with Gasteiger partial charge in [0, 0.05) is 13.2 Å². The number of amidine groups is 1. The fraction of sp³-hybridized carbons (Fsp3) is 0.400. The summed E-state index contributed by atoms with van der Waals surface area (Å²) in [6, 6.07) is 0. The Bertz CT molecular complexity index is 304. The first-order valence-corrected chi connectivity index (χ1v) is 5.58. The van der Waals surface area contributed by atoms with E-state index in [-0.39, 0.29) is 0 Å². The molecule has 0 fully saturated rings. The van der Waals surface area contributed by atoms with Crippen LogP contribution in [0.3, 0.4) is 0 Å². The molecule has 1 rings (SSSR count). The minimum absolute atomic E-state index is 0.493. The molecular formula is C5H8N2O2S2. The van der Waals surface area contributed by atoms with Crippen LogP contribution in [0, 0.1) is 0 Å². The normalized spacial score (nSPS) is 21.6. The van der Waals surface area contributed by atoms with Crippen molar-refractivity contribution < 1.29 is 8.42 Å². The average molecular weight is 192 g/mol. The lowest BCUT2D eigenvalue weighted by Crippen LogP contribution is -2.31. The SMILES string of the molecule is CSC1=NC=CS(=O)(=O)N1C. The van der Waals surface area contributed by atoms with Crippen LogP contribution in [0.1, 0.15) is 0 Å². The molecule has 0 unspecified atom stereocenters. The molecule has 4 nitrogen and oxygen atoms in total. The molecule has 0 saturated heterocycles. The molecule has 0 N–H and O–H groups in total. The van der Waals surface area contributed by atoms with E-state index in [1.54, 1.807) is 6.26 Å². The van der Waals surface area contributed by atoms with E-state index < -0.39 is 10.0 Å². The van der Waals surface area contributed by atoms with Gasteiger partial charge in [0.05, 0.1) is 5.41 Å². The highest BCUT2D eigenvalue weighted by Gasteiger charge is 2.20. The number of hydrogen-bond acceptors (Lipinski definition) is 4. The predicted molar refractivity (Wildman–Crippen MR) is 46.8 cm³/mol. The van der Waals surface area contributed by atoms with Crippen LogP contribution in [0.5, 0.6) is 0 Å². The second-order valence-electron chi connectivity index (χ2n) is 1.91. The van der Waals surface area contributed by atoms with Crippen LogP contribution >= 0.6 is 11.8 Å². The molecule has 1 aliphatic heterocycles. The minimum Gasteiger partial charge on any atom is -0.248 e. The van der Waals surface area contributed by atoms with Crippen LogP contribution in [0.4, 0.5) is 0 Å². The van der Waals surface area contributed by atoms with Crippen molar-refractivity contribution in [2.75, 3.05) is 13.3 Å². The van der Waals surface area contributed by atoms with Crippen LogP contribution < -0.4 is 0 Å². The molecule has 0 spiro atoms. The van der Waals surface area contributed by atoms with Crippen molar-refractivity contribution in [3.8, 4) is 0 Å². The smallest absolute Gasteiger partial charge is 0.248 e. The monoisotopic (exact) mass is 192 g/mol. The van der Waals surface area contributed by atoms with Gasteiger partial charge >= 0.3 is 0 Å². The van der Waals surface area contributed by atoms with E-state index >= 15 is 0 Å². The zero-order valence-corrected chi connectivity index (χ0v) is 7.82. The molecule has 0 bridgehead atoms. The van der Waals surface area contributed by atoms with E-state index in [9.17, 15) is 8.42 Å². The van der Waals surface area contributed by atoms with Gasteiger partial charge in [-0.2, -0.15) is 0 Å². The maximum absolute atomic E-state index is 11.1. The Morgan fingerprint density at radius 1 is 1.64 bits per heavy atom. The average Bonchev–Trinajstić information content (AvgIpc) is 1.95. The molecule has 1 heterocycles. The number of nitrogens with zero attached hydrogens (tertiary/aromatic N) is 2. The van der Waals surface area contributed by atoms with Crippen molar-refractivity contribution in [3.05, 3.63) is 11.6 Å². The molecule has 0 radical (unpaired) electrons. The van der Waals surface area contributed by atoms with E-state index in [2.05, 4.69) is 4.99 Å². The Hall–Kier alpha value is -0.490. The van der Waals surface area contributed by atoms with Gasteiger partial charge in [-0.15, -0.1) is 0 Å². The van der Waals surface area contributed by atoms with Gasteiger partial charge in [0.1, 0.15) is 0 Å². The fourth-order valence-corrected chi connectivity index (χ4v) is 2.25. The van der Waals surface area contributed by atoms with Crippen LogP contribution in [-0.2, 0) is 10.0 Å². The zero-order valence-electron chi connectivity index (χ0n) is 6.18. The number of sulfonamides is 1. The third-order valence-electron chi connectivity index (χ3n) is 1.25. The molecule has 6 heteroatoms. The third-order valence-corrected chi connectivity index (χ3v) is 3.51. The van der Waals surface area contributed by atoms with Crippen molar-refractivity contribution in [1.82, 2.24) is 4.31 Å². The van der Waals surface area contributed by atoms with Gasteiger partial charge in [-0.25, -0.2) is 17.7 Å². The molecule has 0 aromatic heterocycles. The minimum atomic E-state index is -3.22. The zero-order chi connectivity index (χ0) is 8.48. The predicted octanol–water partition coefficient (Wildman–Crippen LogP) is 0.452. The number of rotatable bonds is 0. The van der Waals surface area contributed by atoms with Gasteiger partial charge in [0.25, 0.3) is 10.0 Å². The number of thioether (sulfide) groups is 1. The van der Waals surface area contributed by atoms with Crippen molar-refractivity contribution in [3.63, 3.8) is 0 Å². The first-order valence-electron chi connectivity index (χ1n) is 2.85. The molecule has 0 atom stereocenters. The summed E-state index contributed by atoms with van der Waals surface area (Å²) in [5.41, 5.74) is 0. The van der Waals surface area contributed by atoms with E-state index in [4.69, 9.17) is 0 Å². The molecule has 0 aliphatic carbocycles. The molecule has 0 aromatic carbocycles. The summed E-state index contributed by atoms with van der Waals surface area (Å²) in [5.74, 6) is 0. The molecule has 0 aromatic rings. The van der Waals surface area contributed by atoms with Crippen LogP contribution in [0.15, 0.2) is 16.6 Å². The third kappa shape index (κ3) is 1.57. The van der Waals surface area contributed by atoms with E-state index in [1.165, 1.54) is 25.0 Å². The van der Waals surface area contributed by atoms with E-state index in [0.717, 1.165) is 9.71 Å². The summed E-state index contributed by atoms with van der Waals surface area (Å²) < 4.78 is 23.3. The highest BCUT2D eigenvalue weighted by molar-refractivity contribution is 8.14. The molecule has 0 saturated carbocycles. The lowest BCUT2D eigenvalue weighted by atomic mass is 11.0. The van der Waals surface area contributed by atoms with Gasteiger partial charge in [0.2, 0.25) is 0 Å². The van der Waals surface area contributed by atoms with Crippen molar-refractivity contribution >= 4 is 27.0 Å². The lowest BCUT2D eigenvalue weighted by molar-refractivity contribution is 0.563. The second kappa shape index (κ2) is 2.86. The van der Waals surface area contributed by atoms with E-state index in [1.807, 2.05) is 0 Å². The van der Waals surface area contributed by atoms with Crippen molar-refractivity contribution in [2.24, 2.45) is 4.99 Å². The Kier molecular flexibility index (Phi) is 2.24. The lowest BCUT2D eigenvalue weighted by Gasteiger charge is -2.19. The topological polar surface area (TPSA) is 49.7 Å². The van der Waals surface area contributed by atoms with Crippen LogP contribution in [-0.4, -0.2) is 31.2 Å². The van der Waals surface area contributed by atoms with Gasteiger partial charge < -0.3 is 0 Å². The molecular weight excluding hydrogens is 184 g/mol. The molecule has 62 valence electrons. The standard InChI is InChI=1S/C5H8N2O2S2/c1-7-5(10-2)6-3-4-11(7,8)9/h3-4H,1-2H3. The summed E-state index contributed by atoms with van der Waals surface area (Å²) in [4.78, 5) is 3.87. The first-order chi connectivity index (χ1) is 5.08. The van der Waals surface area contributed by atoms with Crippen LogP contribution in [0.2, 0.25) is 0 Å². The maximum Gasteiger partial charge on any atom is 0.260 e. The largest absolute Gasteiger partial charge is 0.260 e. The summed E-state index contributed by atoms with van der Waals surface area (Å²) >= 11 is 1.30. The maximum atomic E-state index is 11.1. The first kappa shape index (κ1) is 8.61. The molecule has 11 heavy (non-hydrogen) atoms. The Morgan fingerprint density at radius 3 is 2.73 bits per heavy atom. The Labute approximate surface area is 70.0 Å². The number of hydrogen-bond donors (Lipinski definition) is 0. The quantitative estimate of drug-likeness (QED) is 0.560. The molecule has 0 amide bonds.